The van der Waals surface area contributed by atoms with Crippen LogP contribution in [0.3, 0.4) is 0 Å². The molecule has 0 N–H and O–H groups in total. The summed E-state index contributed by atoms with van der Waals surface area (Å²) in [7, 11) is 0. The topological polar surface area (TPSA) is 30.3 Å². The molecule has 4 rings (SSSR count). The predicted molar refractivity (Wildman–Crippen MR) is 174 cm³/mol. The number of alkyl halides is 1. The van der Waals surface area contributed by atoms with E-state index in [0.29, 0.717) is 23.6 Å². The number of benzene rings is 1. The number of likely N-dealkylation sites (tertiary alicyclic amines) is 2. The van der Waals surface area contributed by atoms with E-state index in [0.717, 1.165) is 66.8 Å². The van der Waals surface area contributed by atoms with Crippen LogP contribution in [0.15, 0.2) is 54.2 Å². The monoisotopic (exact) mass is 577 g/mol. The van der Waals surface area contributed by atoms with Crippen molar-refractivity contribution in [1.29, 1.82) is 5.26 Å². The van der Waals surface area contributed by atoms with Gasteiger partial charge < -0.3 is 9.80 Å². The second kappa shape index (κ2) is 15.7. The first-order valence-corrected chi connectivity index (χ1v) is 16.0. The first kappa shape index (κ1) is 33.8. The largest absolute Gasteiger partial charge is 0.371 e. The third kappa shape index (κ3) is 10.2. The van der Waals surface area contributed by atoms with Crippen LogP contribution in [0.1, 0.15) is 97.6 Å². The van der Waals surface area contributed by atoms with Gasteiger partial charge in [-0.25, -0.2) is 8.78 Å². The third-order valence-electron chi connectivity index (χ3n) is 8.92. The van der Waals surface area contributed by atoms with E-state index in [1.54, 1.807) is 26.0 Å². The minimum absolute atomic E-state index is 0.279. The first-order valence-electron chi connectivity index (χ1n) is 16.0. The molecule has 1 unspecified atom stereocenters. The number of allylic oxidation sites excluding steroid dienone is 6. The number of rotatable bonds is 9. The van der Waals surface area contributed by atoms with Crippen molar-refractivity contribution in [3.05, 3.63) is 71.1 Å². The van der Waals surface area contributed by atoms with Crippen molar-refractivity contribution in [3.8, 4) is 6.07 Å². The van der Waals surface area contributed by atoms with Crippen molar-refractivity contribution in [2.75, 3.05) is 32.7 Å². The molecule has 2 aliphatic heterocycles. The number of nitriles is 1. The van der Waals surface area contributed by atoms with Gasteiger partial charge >= 0.3 is 0 Å². The van der Waals surface area contributed by atoms with Crippen molar-refractivity contribution < 1.29 is 8.78 Å². The molecule has 2 saturated heterocycles. The molecule has 1 saturated carbocycles. The summed E-state index contributed by atoms with van der Waals surface area (Å²) < 4.78 is 28.3. The Bertz CT molecular complexity index is 1180. The molecule has 230 valence electrons. The molecule has 5 heteroatoms. The van der Waals surface area contributed by atoms with Gasteiger partial charge in [0, 0.05) is 30.9 Å². The lowest BCUT2D eigenvalue weighted by Gasteiger charge is -2.37. The number of piperidine rings is 1. The zero-order valence-corrected chi connectivity index (χ0v) is 27.0. The van der Waals surface area contributed by atoms with Gasteiger partial charge in [-0.3, -0.25) is 0 Å². The number of hydrogen-bond donors (Lipinski definition) is 0. The quantitative estimate of drug-likeness (QED) is 0.216. The fourth-order valence-electron chi connectivity index (χ4n) is 6.24. The highest BCUT2D eigenvalue weighted by Crippen LogP contribution is 2.36. The average molecular weight is 578 g/mol. The van der Waals surface area contributed by atoms with Gasteiger partial charge in [-0.1, -0.05) is 56.6 Å². The van der Waals surface area contributed by atoms with Crippen molar-refractivity contribution in [2.45, 2.75) is 92.2 Å². The van der Waals surface area contributed by atoms with E-state index in [1.807, 2.05) is 39.0 Å². The molecule has 3 nitrogen and oxygen atoms in total. The smallest absolute Gasteiger partial charge is 0.133 e. The van der Waals surface area contributed by atoms with Gasteiger partial charge in [0.15, 0.2) is 0 Å². The van der Waals surface area contributed by atoms with Gasteiger partial charge in [-0.05, 0) is 120 Å². The Kier molecular flexibility index (Phi) is 12.6. The van der Waals surface area contributed by atoms with Gasteiger partial charge in [0.2, 0.25) is 0 Å². The summed E-state index contributed by atoms with van der Waals surface area (Å²) in [4.78, 5) is 4.46. The molecule has 0 spiro atoms. The summed E-state index contributed by atoms with van der Waals surface area (Å²) in [6.45, 7) is 20.1. The Morgan fingerprint density at radius 2 is 1.76 bits per heavy atom. The lowest BCUT2D eigenvalue weighted by atomic mass is 9.76. The van der Waals surface area contributed by atoms with Crippen molar-refractivity contribution >= 4 is 11.3 Å². The lowest BCUT2D eigenvalue weighted by molar-refractivity contribution is 0.0862. The Balaban J connectivity index is 0.000000258. The maximum atomic E-state index is 14.8. The number of hydrogen-bond acceptors (Lipinski definition) is 3. The molecule has 0 bridgehead atoms. The summed E-state index contributed by atoms with van der Waals surface area (Å²) in [6, 6.07) is 7.43. The Morgan fingerprint density at radius 1 is 1.10 bits per heavy atom. The second-order valence-corrected chi connectivity index (χ2v) is 13.6. The fourth-order valence-corrected chi connectivity index (χ4v) is 6.24. The molecule has 0 aromatic heterocycles. The minimum Gasteiger partial charge on any atom is -0.371 e. The maximum absolute atomic E-state index is 14.8. The van der Waals surface area contributed by atoms with Crippen molar-refractivity contribution in [1.82, 2.24) is 9.80 Å². The summed E-state index contributed by atoms with van der Waals surface area (Å²) in [5, 5.41) is 9.31. The van der Waals surface area contributed by atoms with Gasteiger partial charge in [0.1, 0.15) is 11.5 Å². The molecule has 0 radical (unpaired) electrons. The highest BCUT2D eigenvalue weighted by atomic mass is 19.1. The van der Waals surface area contributed by atoms with E-state index in [4.69, 9.17) is 0 Å². The van der Waals surface area contributed by atoms with Crippen molar-refractivity contribution in [2.24, 2.45) is 17.8 Å². The Morgan fingerprint density at radius 3 is 2.24 bits per heavy atom. The maximum Gasteiger partial charge on any atom is 0.133 e. The molecule has 1 aliphatic carbocycles. The molecular weight excluding hydrogens is 524 g/mol. The van der Waals surface area contributed by atoms with Crippen LogP contribution in [0.4, 0.5) is 8.78 Å². The van der Waals surface area contributed by atoms with Gasteiger partial charge in [-0.2, -0.15) is 5.26 Å². The molecule has 1 aromatic rings. The molecule has 3 aliphatic rings. The molecule has 2 heterocycles. The van der Waals surface area contributed by atoms with E-state index in [9.17, 15) is 14.0 Å². The average Bonchev–Trinajstić information content (AvgIpc) is 3.34. The van der Waals surface area contributed by atoms with Crippen LogP contribution in [-0.2, 0) is 0 Å². The Hall–Kier alpha value is -2.71. The van der Waals surface area contributed by atoms with E-state index < -0.39 is 5.67 Å². The van der Waals surface area contributed by atoms with Crippen LogP contribution in [-0.4, -0.2) is 48.2 Å². The van der Waals surface area contributed by atoms with E-state index in [-0.39, 0.29) is 5.82 Å². The second-order valence-electron chi connectivity index (χ2n) is 13.6. The zero-order chi connectivity index (χ0) is 30.9. The SMILES string of the molecule is C=C(c1ccc(C(/C=C\C)=C/C(C#N)=C(C)C)cc1F)N1CCC(C)C1.CC(C)(F)CN1CCC(CC2CCC2)CC1. The van der Waals surface area contributed by atoms with E-state index in [2.05, 4.69) is 29.4 Å². The van der Waals surface area contributed by atoms with Crippen LogP contribution in [0, 0.1) is 34.9 Å². The normalized spacial score (nSPS) is 20.6. The van der Waals surface area contributed by atoms with E-state index in [1.165, 1.54) is 44.6 Å². The van der Waals surface area contributed by atoms with Crippen LogP contribution in [0.5, 0.6) is 0 Å². The molecule has 42 heavy (non-hydrogen) atoms. The van der Waals surface area contributed by atoms with Crippen LogP contribution >= 0.6 is 0 Å². The fraction of sp³-hybridized carbons (Fsp3) is 0.595. The van der Waals surface area contributed by atoms with Gasteiger partial charge in [0.25, 0.3) is 0 Å². The minimum atomic E-state index is -1.03. The van der Waals surface area contributed by atoms with E-state index >= 15 is 0 Å². The predicted octanol–water partition coefficient (Wildman–Crippen LogP) is 9.59. The number of halogens is 2. The third-order valence-corrected chi connectivity index (χ3v) is 8.92. The van der Waals surface area contributed by atoms with Gasteiger partial charge in [0.05, 0.1) is 11.6 Å². The van der Waals surface area contributed by atoms with Crippen molar-refractivity contribution in [3.63, 3.8) is 0 Å². The molecule has 3 fully saturated rings. The van der Waals surface area contributed by atoms with Crippen LogP contribution in [0.2, 0.25) is 0 Å². The first-order chi connectivity index (χ1) is 19.9. The summed E-state index contributed by atoms with van der Waals surface area (Å²) in [5.41, 5.74) is 3.36. The molecule has 1 aromatic carbocycles. The lowest BCUT2D eigenvalue weighted by Crippen LogP contribution is -2.41. The number of nitrogens with zero attached hydrogens (tertiary/aromatic N) is 3. The highest BCUT2D eigenvalue weighted by molar-refractivity contribution is 5.78. The summed E-state index contributed by atoms with van der Waals surface area (Å²) in [5.74, 6) is 2.31. The zero-order valence-electron chi connectivity index (χ0n) is 27.0. The molecule has 1 atom stereocenters. The standard InChI is InChI=1S/C23H27FN2.C14H26FN/c1-6-7-19(12-21(14-25)16(2)3)20-8-9-22(23(24)13-20)18(5)26-11-10-17(4)15-26;1-14(2,15)11-16-8-6-13(7-9-16)10-12-4-3-5-12/h6-9,12-13,17H,5,10-11,15H2,1-4H3;12-13H,3-11H2,1-2H3/b7-6-,19-12+;. The molecular formula is C37H53F2N3. The highest BCUT2D eigenvalue weighted by Gasteiger charge is 2.28. The molecule has 0 amide bonds. The summed E-state index contributed by atoms with van der Waals surface area (Å²) >= 11 is 0. The van der Waals surface area contributed by atoms with Gasteiger partial charge in [-0.15, -0.1) is 0 Å². The van der Waals surface area contributed by atoms with Crippen LogP contribution in [0.25, 0.3) is 11.3 Å². The van der Waals surface area contributed by atoms with Crippen LogP contribution < -0.4 is 0 Å². The summed E-state index contributed by atoms with van der Waals surface area (Å²) in [6.07, 6.45) is 15.2. The Labute approximate surface area is 254 Å².